The van der Waals surface area contributed by atoms with E-state index in [9.17, 15) is 4.79 Å². The Labute approximate surface area is 163 Å². The number of guanidine groups is 1. The Kier molecular flexibility index (Phi) is 9.95. The molecule has 6 nitrogen and oxygen atoms in total. The summed E-state index contributed by atoms with van der Waals surface area (Å²) in [6.07, 6.45) is 3.93. The molecule has 0 saturated carbocycles. The number of amides is 1. The maximum Gasteiger partial charge on any atom is 0.222 e. The summed E-state index contributed by atoms with van der Waals surface area (Å²) < 4.78 is 0. The topological polar surface area (TPSA) is 60.0 Å². The second-order valence-electron chi connectivity index (χ2n) is 6.81. The Morgan fingerprint density at radius 3 is 2.54 bits per heavy atom. The van der Waals surface area contributed by atoms with Crippen molar-refractivity contribution in [2.24, 2.45) is 10.9 Å². The maximum absolute atomic E-state index is 11.6. The quantitative estimate of drug-likeness (QED) is 0.278. The van der Waals surface area contributed by atoms with Gasteiger partial charge in [-0.15, -0.1) is 24.0 Å². The molecule has 1 amide bonds. The van der Waals surface area contributed by atoms with Gasteiger partial charge in [0.25, 0.3) is 0 Å². The number of rotatable bonds is 6. The first-order valence-electron chi connectivity index (χ1n) is 9.16. The molecule has 140 valence electrons. The lowest BCUT2D eigenvalue weighted by Crippen LogP contribution is -2.43. The molecule has 0 bridgehead atoms. The minimum Gasteiger partial charge on any atom is -0.357 e. The molecule has 24 heavy (non-hydrogen) atoms. The minimum absolute atomic E-state index is 0. The number of nitrogens with zero attached hydrogens (tertiary/aromatic N) is 3. The molecule has 0 spiro atoms. The number of nitrogens with one attached hydrogen (secondary N) is 2. The molecule has 1 unspecified atom stereocenters. The number of carbonyl (C=O) groups is 1. The molecule has 0 aliphatic carbocycles. The van der Waals surface area contributed by atoms with E-state index in [1.165, 1.54) is 32.4 Å². The zero-order valence-corrected chi connectivity index (χ0v) is 17.7. The fourth-order valence-corrected chi connectivity index (χ4v) is 3.31. The number of likely N-dealkylation sites (tertiary alicyclic amines) is 2. The van der Waals surface area contributed by atoms with Crippen LogP contribution in [0.15, 0.2) is 4.99 Å². The zero-order chi connectivity index (χ0) is 16.7. The average molecular weight is 451 g/mol. The van der Waals surface area contributed by atoms with Crippen LogP contribution in [-0.2, 0) is 4.79 Å². The fourth-order valence-electron chi connectivity index (χ4n) is 3.31. The van der Waals surface area contributed by atoms with Crippen LogP contribution in [0, 0.1) is 5.92 Å². The van der Waals surface area contributed by atoms with E-state index in [0.29, 0.717) is 19.1 Å². The summed E-state index contributed by atoms with van der Waals surface area (Å²) in [4.78, 5) is 21.3. The van der Waals surface area contributed by atoms with Crippen LogP contribution >= 0.6 is 24.0 Å². The summed E-state index contributed by atoms with van der Waals surface area (Å²) in [6.45, 7) is 12.7. The van der Waals surface area contributed by atoms with E-state index in [1.807, 2.05) is 13.8 Å². The fraction of sp³-hybridized carbons (Fsp3) is 0.882. The van der Waals surface area contributed by atoms with Gasteiger partial charge in [0, 0.05) is 38.1 Å². The van der Waals surface area contributed by atoms with Crippen molar-refractivity contribution in [3.8, 4) is 0 Å². The van der Waals surface area contributed by atoms with E-state index in [1.54, 1.807) is 0 Å². The van der Waals surface area contributed by atoms with Crippen molar-refractivity contribution in [2.75, 3.05) is 45.8 Å². The number of carbonyl (C=O) groups excluding carboxylic acids is 1. The van der Waals surface area contributed by atoms with Gasteiger partial charge in [-0.3, -0.25) is 14.7 Å². The first-order chi connectivity index (χ1) is 11.1. The van der Waals surface area contributed by atoms with Crippen LogP contribution in [0.2, 0.25) is 0 Å². The van der Waals surface area contributed by atoms with Gasteiger partial charge in [0.15, 0.2) is 5.96 Å². The average Bonchev–Trinajstić information content (AvgIpc) is 3.20. The van der Waals surface area contributed by atoms with Crippen LogP contribution in [0.1, 0.15) is 40.0 Å². The van der Waals surface area contributed by atoms with Crippen molar-refractivity contribution in [1.82, 2.24) is 20.4 Å². The summed E-state index contributed by atoms with van der Waals surface area (Å²) in [5.74, 6) is 1.13. The lowest BCUT2D eigenvalue weighted by Gasteiger charge is -2.25. The Morgan fingerprint density at radius 2 is 1.92 bits per heavy atom. The second-order valence-corrected chi connectivity index (χ2v) is 6.81. The van der Waals surface area contributed by atoms with Gasteiger partial charge in [-0.2, -0.15) is 0 Å². The lowest BCUT2D eigenvalue weighted by molar-refractivity contribution is -0.123. The molecule has 2 saturated heterocycles. The molecule has 0 aromatic heterocycles. The Bertz CT molecular complexity index is 410. The van der Waals surface area contributed by atoms with Crippen molar-refractivity contribution < 1.29 is 4.79 Å². The largest absolute Gasteiger partial charge is 0.357 e. The minimum atomic E-state index is 0. The van der Waals surface area contributed by atoms with E-state index < -0.39 is 0 Å². The molecule has 7 heteroatoms. The van der Waals surface area contributed by atoms with Crippen molar-refractivity contribution in [1.29, 1.82) is 0 Å². The molecule has 2 aliphatic heterocycles. The van der Waals surface area contributed by atoms with Crippen molar-refractivity contribution in [3.63, 3.8) is 0 Å². The molecule has 2 rings (SSSR count). The highest BCUT2D eigenvalue weighted by atomic mass is 127. The number of hydrogen-bond donors (Lipinski definition) is 2. The van der Waals surface area contributed by atoms with E-state index in [0.717, 1.165) is 25.6 Å². The highest BCUT2D eigenvalue weighted by molar-refractivity contribution is 14.0. The van der Waals surface area contributed by atoms with Gasteiger partial charge in [-0.1, -0.05) is 13.8 Å². The van der Waals surface area contributed by atoms with Gasteiger partial charge < -0.3 is 15.5 Å². The summed E-state index contributed by atoms with van der Waals surface area (Å²) in [5, 5.41) is 6.31. The number of halogens is 1. The van der Waals surface area contributed by atoms with Crippen LogP contribution in [0.25, 0.3) is 0 Å². The highest BCUT2D eigenvalue weighted by Crippen LogP contribution is 2.20. The molecule has 2 aliphatic rings. The SMILES string of the molecule is CCNC(=NCCNC(=O)C(C)C)N1CCC(N2CCCC2)C1.I. The van der Waals surface area contributed by atoms with Crippen molar-refractivity contribution in [2.45, 2.75) is 46.1 Å². The molecule has 1 atom stereocenters. The van der Waals surface area contributed by atoms with Gasteiger partial charge in [-0.25, -0.2) is 0 Å². The van der Waals surface area contributed by atoms with Gasteiger partial charge >= 0.3 is 0 Å². The third-order valence-corrected chi connectivity index (χ3v) is 4.65. The van der Waals surface area contributed by atoms with E-state index >= 15 is 0 Å². The molecule has 0 aromatic rings. The standard InChI is InChI=1S/C17H33N5O.HI/c1-4-18-17(20-9-8-19-16(23)14(2)3)22-12-7-15(13-22)21-10-5-6-11-21;/h14-15H,4-13H2,1-3H3,(H,18,20)(H,19,23);1H. The zero-order valence-electron chi connectivity index (χ0n) is 15.4. The summed E-state index contributed by atoms with van der Waals surface area (Å²) in [7, 11) is 0. The third-order valence-electron chi connectivity index (χ3n) is 4.65. The van der Waals surface area contributed by atoms with Crippen LogP contribution in [0.5, 0.6) is 0 Å². The number of hydrogen-bond acceptors (Lipinski definition) is 3. The highest BCUT2D eigenvalue weighted by Gasteiger charge is 2.30. The molecule has 2 fully saturated rings. The molecule has 0 aromatic carbocycles. The van der Waals surface area contributed by atoms with E-state index in [-0.39, 0.29) is 35.8 Å². The van der Waals surface area contributed by atoms with Gasteiger partial charge in [0.2, 0.25) is 5.91 Å². The molecular weight excluding hydrogens is 417 g/mol. The smallest absolute Gasteiger partial charge is 0.222 e. The van der Waals surface area contributed by atoms with Gasteiger partial charge in [-0.05, 0) is 39.3 Å². The van der Waals surface area contributed by atoms with Crippen molar-refractivity contribution in [3.05, 3.63) is 0 Å². The summed E-state index contributed by atoms with van der Waals surface area (Å²) in [5.41, 5.74) is 0. The monoisotopic (exact) mass is 451 g/mol. The van der Waals surface area contributed by atoms with Crippen LogP contribution in [-0.4, -0.2) is 73.5 Å². The van der Waals surface area contributed by atoms with Gasteiger partial charge in [0.05, 0.1) is 6.54 Å². The second kappa shape index (κ2) is 11.1. The molecule has 2 N–H and O–H groups in total. The normalized spacial score (nSPS) is 21.9. The van der Waals surface area contributed by atoms with Crippen LogP contribution in [0.3, 0.4) is 0 Å². The van der Waals surface area contributed by atoms with Crippen LogP contribution in [0.4, 0.5) is 0 Å². The molecule has 2 heterocycles. The predicted molar refractivity (Wildman–Crippen MR) is 110 cm³/mol. The molecule has 0 radical (unpaired) electrons. The number of aliphatic imine (C=N–C) groups is 1. The van der Waals surface area contributed by atoms with E-state index in [2.05, 4.69) is 32.3 Å². The lowest BCUT2D eigenvalue weighted by atomic mass is 10.2. The Hall–Kier alpha value is -0.570. The Morgan fingerprint density at radius 1 is 1.21 bits per heavy atom. The first-order valence-corrected chi connectivity index (χ1v) is 9.16. The summed E-state index contributed by atoms with van der Waals surface area (Å²) >= 11 is 0. The predicted octanol–water partition coefficient (Wildman–Crippen LogP) is 1.51. The van der Waals surface area contributed by atoms with E-state index in [4.69, 9.17) is 0 Å². The molecular formula is C17H34IN5O. The van der Waals surface area contributed by atoms with Gasteiger partial charge in [0.1, 0.15) is 0 Å². The first kappa shape index (κ1) is 21.5. The maximum atomic E-state index is 11.6. The van der Waals surface area contributed by atoms with Crippen LogP contribution < -0.4 is 10.6 Å². The summed E-state index contributed by atoms with van der Waals surface area (Å²) in [6, 6.07) is 0.682. The Balaban J connectivity index is 0.00000288. The van der Waals surface area contributed by atoms with Crippen molar-refractivity contribution >= 4 is 35.8 Å². The third kappa shape index (κ3) is 6.38.